The maximum atomic E-state index is 12.5. The van der Waals surface area contributed by atoms with Crippen LogP contribution in [0, 0.1) is 0 Å². The highest BCUT2D eigenvalue weighted by molar-refractivity contribution is 5.79. The van der Waals surface area contributed by atoms with E-state index >= 15 is 0 Å². The van der Waals surface area contributed by atoms with Gasteiger partial charge in [-0.3, -0.25) is 13.9 Å². The first kappa shape index (κ1) is 12.9. The molecule has 0 aliphatic heterocycles. The van der Waals surface area contributed by atoms with E-state index in [1.807, 2.05) is 19.9 Å². The Morgan fingerprint density at radius 3 is 2.90 bits per heavy atom. The second-order valence-corrected chi connectivity index (χ2v) is 5.52. The quantitative estimate of drug-likeness (QED) is 0.906. The first-order chi connectivity index (χ1) is 9.58. The number of hydrogen-bond donors (Lipinski definition) is 1. The van der Waals surface area contributed by atoms with E-state index in [1.54, 1.807) is 16.8 Å². The van der Waals surface area contributed by atoms with Crippen LogP contribution in [-0.4, -0.2) is 26.1 Å². The predicted molar refractivity (Wildman–Crippen MR) is 75.5 cm³/mol. The topological polar surface area (TPSA) is 68.9 Å². The van der Waals surface area contributed by atoms with Crippen molar-refractivity contribution in [2.24, 2.45) is 0 Å². The van der Waals surface area contributed by atoms with Crippen LogP contribution in [0.1, 0.15) is 32.7 Å². The summed E-state index contributed by atoms with van der Waals surface area (Å²) in [5.41, 5.74) is 1.16. The van der Waals surface area contributed by atoms with Crippen LogP contribution in [0.2, 0.25) is 0 Å². The molecule has 2 aromatic heterocycles. The van der Waals surface area contributed by atoms with Gasteiger partial charge in [0.05, 0.1) is 5.52 Å². The SMILES string of the molecule is CC(C)n1c(=O)n(CC(=O)NC2CC2)c2cccnc21. The standard InChI is InChI=1S/C14H18N4O2/c1-9(2)18-13-11(4-3-7-15-13)17(14(18)20)8-12(19)16-10-5-6-10/h3-4,7,9-10H,5-6,8H2,1-2H3,(H,16,19). The minimum absolute atomic E-state index is 0.00708. The summed E-state index contributed by atoms with van der Waals surface area (Å²) in [6.07, 6.45) is 3.74. The largest absolute Gasteiger partial charge is 0.352 e. The summed E-state index contributed by atoms with van der Waals surface area (Å²) in [5.74, 6) is -0.110. The lowest BCUT2D eigenvalue weighted by atomic mass is 10.4. The predicted octanol–water partition coefficient (Wildman–Crippen LogP) is 1.06. The molecule has 1 aliphatic rings. The summed E-state index contributed by atoms with van der Waals surface area (Å²) >= 11 is 0. The molecule has 0 spiro atoms. The Labute approximate surface area is 116 Å². The average Bonchev–Trinajstić information content (AvgIpc) is 3.15. The number of nitrogens with one attached hydrogen (secondary N) is 1. The third-order valence-electron chi connectivity index (χ3n) is 3.48. The van der Waals surface area contributed by atoms with Gasteiger partial charge in [-0.25, -0.2) is 9.78 Å². The molecule has 0 unspecified atom stereocenters. The van der Waals surface area contributed by atoms with Crippen LogP contribution in [0.5, 0.6) is 0 Å². The molecular weight excluding hydrogens is 256 g/mol. The zero-order valence-corrected chi connectivity index (χ0v) is 11.7. The van der Waals surface area contributed by atoms with Crippen molar-refractivity contribution in [1.82, 2.24) is 19.4 Å². The number of hydrogen-bond acceptors (Lipinski definition) is 3. The van der Waals surface area contributed by atoms with E-state index in [4.69, 9.17) is 0 Å². The monoisotopic (exact) mass is 274 g/mol. The number of fused-ring (bicyclic) bond motifs is 1. The number of aromatic nitrogens is 3. The average molecular weight is 274 g/mol. The molecule has 1 aliphatic carbocycles. The van der Waals surface area contributed by atoms with Crippen molar-refractivity contribution in [2.75, 3.05) is 0 Å². The molecule has 1 N–H and O–H groups in total. The highest BCUT2D eigenvalue weighted by Crippen LogP contribution is 2.19. The number of rotatable bonds is 4. The van der Waals surface area contributed by atoms with Crippen molar-refractivity contribution in [1.29, 1.82) is 0 Å². The van der Waals surface area contributed by atoms with Crippen LogP contribution >= 0.6 is 0 Å². The molecule has 2 aromatic rings. The maximum absolute atomic E-state index is 12.5. The molecule has 0 aromatic carbocycles. The summed E-state index contributed by atoms with van der Waals surface area (Å²) in [7, 11) is 0. The minimum atomic E-state index is -0.181. The molecule has 2 heterocycles. The fourth-order valence-electron chi connectivity index (χ4n) is 2.37. The molecule has 1 amide bonds. The number of nitrogens with zero attached hydrogens (tertiary/aromatic N) is 3. The molecule has 106 valence electrons. The highest BCUT2D eigenvalue weighted by atomic mass is 16.2. The zero-order valence-electron chi connectivity index (χ0n) is 11.7. The van der Waals surface area contributed by atoms with Crippen molar-refractivity contribution in [3.63, 3.8) is 0 Å². The van der Waals surface area contributed by atoms with Gasteiger partial charge in [0.1, 0.15) is 6.54 Å². The number of carbonyl (C=O) groups is 1. The Kier molecular flexibility index (Phi) is 3.08. The second-order valence-electron chi connectivity index (χ2n) is 5.52. The molecule has 6 heteroatoms. The van der Waals surface area contributed by atoms with Crippen LogP contribution in [0.4, 0.5) is 0 Å². The van der Waals surface area contributed by atoms with Gasteiger partial charge in [-0.2, -0.15) is 0 Å². The molecule has 0 radical (unpaired) electrons. The van der Waals surface area contributed by atoms with Crippen LogP contribution in [-0.2, 0) is 11.3 Å². The van der Waals surface area contributed by atoms with E-state index in [1.165, 1.54) is 4.57 Å². The fraction of sp³-hybridized carbons (Fsp3) is 0.500. The Balaban J connectivity index is 2.03. The lowest BCUT2D eigenvalue weighted by Gasteiger charge is -2.05. The number of amides is 1. The van der Waals surface area contributed by atoms with E-state index in [-0.39, 0.29) is 24.2 Å². The van der Waals surface area contributed by atoms with Crippen LogP contribution in [0.3, 0.4) is 0 Å². The summed E-state index contributed by atoms with van der Waals surface area (Å²) in [6.45, 7) is 3.92. The highest BCUT2D eigenvalue weighted by Gasteiger charge is 2.24. The fourth-order valence-corrected chi connectivity index (χ4v) is 2.37. The van der Waals surface area contributed by atoms with Crippen molar-refractivity contribution >= 4 is 17.1 Å². The second kappa shape index (κ2) is 4.77. The molecule has 1 saturated carbocycles. The molecule has 1 fully saturated rings. The summed E-state index contributed by atoms with van der Waals surface area (Å²) in [4.78, 5) is 28.7. The number of imidazole rings is 1. The Hall–Kier alpha value is -2.11. The first-order valence-corrected chi connectivity index (χ1v) is 6.93. The van der Waals surface area contributed by atoms with Gasteiger partial charge in [0, 0.05) is 18.3 Å². The van der Waals surface area contributed by atoms with Crippen LogP contribution in [0.25, 0.3) is 11.2 Å². The van der Waals surface area contributed by atoms with E-state index in [2.05, 4.69) is 10.3 Å². The normalized spacial score (nSPS) is 14.9. The summed E-state index contributed by atoms with van der Waals surface area (Å²) < 4.78 is 3.12. The van der Waals surface area contributed by atoms with Crippen LogP contribution in [0.15, 0.2) is 23.1 Å². The molecule has 20 heavy (non-hydrogen) atoms. The first-order valence-electron chi connectivity index (χ1n) is 6.93. The molecule has 6 nitrogen and oxygen atoms in total. The molecule has 0 saturated heterocycles. The van der Waals surface area contributed by atoms with E-state index in [0.717, 1.165) is 12.8 Å². The maximum Gasteiger partial charge on any atom is 0.331 e. The third-order valence-corrected chi connectivity index (χ3v) is 3.48. The van der Waals surface area contributed by atoms with Gasteiger partial charge < -0.3 is 5.32 Å². The lowest BCUT2D eigenvalue weighted by Crippen LogP contribution is -2.34. The van der Waals surface area contributed by atoms with Gasteiger partial charge in [-0.05, 0) is 38.8 Å². The van der Waals surface area contributed by atoms with E-state index < -0.39 is 0 Å². The summed E-state index contributed by atoms with van der Waals surface area (Å²) in [5, 5.41) is 2.90. The van der Waals surface area contributed by atoms with Gasteiger partial charge in [-0.1, -0.05) is 0 Å². The molecular formula is C14H18N4O2. The zero-order chi connectivity index (χ0) is 14.3. The minimum Gasteiger partial charge on any atom is -0.352 e. The van der Waals surface area contributed by atoms with E-state index in [9.17, 15) is 9.59 Å². The Morgan fingerprint density at radius 1 is 1.50 bits per heavy atom. The van der Waals surface area contributed by atoms with Gasteiger partial charge in [0.15, 0.2) is 5.65 Å². The van der Waals surface area contributed by atoms with Gasteiger partial charge in [0.2, 0.25) is 5.91 Å². The Bertz CT molecular complexity index is 710. The Morgan fingerprint density at radius 2 is 2.25 bits per heavy atom. The number of pyridine rings is 1. The van der Waals surface area contributed by atoms with Crippen LogP contribution < -0.4 is 11.0 Å². The van der Waals surface area contributed by atoms with Crippen molar-refractivity contribution in [3.8, 4) is 0 Å². The van der Waals surface area contributed by atoms with Crippen molar-refractivity contribution < 1.29 is 4.79 Å². The van der Waals surface area contributed by atoms with Gasteiger partial charge in [-0.15, -0.1) is 0 Å². The summed E-state index contributed by atoms with van der Waals surface area (Å²) in [6, 6.07) is 3.91. The molecule has 3 rings (SSSR count). The van der Waals surface area contributed by atoms with Crippen molar-refractivity contribution in [3.05, 3.63) is 28.8 Å². The van der Waals surface area contributed by atoms with Gasteiger partial charge in [0.25, 0.3) is 0 Å². The smallest absolute Gasteiger partial charge is 0.331 e. The number of carbonyl (C=O) groups excluding carboxylic acids is 1. The molecule has 0 atom stereocenters. The third kappa shape index (κ3) is 2.21. The van der Waals surface area contributed by atoms with Gasteiger partial charge >= 0.3 is 5.69 Å². The lowest BCUT2D eigenvalue weighted by molar-refractivity contribution is -0.121. The van der Waals surface area contributed by atoms with E-state index in [0.29, 0.717) is 17.2 Å². The molecule has 0 bridgehead atoms. The van der Waals surface area contributed by atoms with Crippen molar-refractivity contribution in [2.45, 2.75) is 45.3 Å².